The number of ether oxygens (including phenoxy) is 1. The molecule has 0 aliphatic carbocycles. The normalized spacial score (nSPS) is 11.3. The van der Waals surface area contributed by atoms with Gasteiger partial charge in [0.15, 0.2) is 0 Å². The summed E-state index contributed by atoms with van der Waals surface area (Å²) in [6.07, 6.45) is 0.815. The lowest BCUT2D eigenvalue weighted by Gasteiger charge is -2.07. The maximum Gasteiger partial charge on any atom is 0.271 e. The lowest BCUT2D eigenvalue weighted by atomic mass is 10.3. The average molecular weight is 326 g/mol. The van der Waals surface area contributed by atoms with Crippen LogP contribution >= 0.6 is 11.3 Å². The Morgan fingerprint density at radius 1 is 1.24 bits per heavy atom. The molecule has 0 atom stereocenters. The number of rotatable bonds is 7. The Bertz CT molecular complexity index is 696. The molecular weight excluding hydrogens is 308 g/mol. The van der Waals surface area contributed by atoms with Crippen LogP contribution in [0.4, 0.5) is 5.69 Å². The van der Waals surface area contributed by atoms with Gasteiger partial charge in [0.25, 0.3) is 10.0 Å². The van der Waals surface area contributed by atoms with Gasteiger partial charge in [-0.2, -0.15) is 0 Å². The summed E-state index contributed by atoms with van der Waals surface area (Å²) in [5, 5.41) is 3.04. The fourth-order valence-electron chi connectivity index (χ4n) is 1.78. The quantitative estimate of drug-likeness (QED) is 0.819. The van der Waals surface area contributed by atoms with Crippen LogP contribution in [0, 0.1) is 0 Å². The minimum atomic E-state index is -3.55. The molecule has 2 N–H and O–H groups in total. The van der Waals surface area contributed by atoms with Gasteiger partial charge in [0.2, 0.25) is 0 Å². The predicted molar refractivity (Wildman–Crippen MR) is 85.8 cm³/mol. The van der Waals surface area contributed by atoms with Crippen molar-refractivity contribution >= 4 is 27.0 Å². The third-order valence-electron chi connectivity index (χ3n) is 2.85. The third-order valence-corrected chi connectivity index (χ3v) is 5.86. The highest BCUT2D eigenvalue weighted by Crippen LogP contribution is 2.25. The average Bonchev–Trinajstić information content (AvgIpc) is 2.94. The molecule has 7 heteroatoms. The number of hydrogen-bond acceptors (Lipinski definition) is 5. The van der Waals surface area contributed by atoms with E-state index in [9.17, 15) is 8.42 Å². The van der Waals surface area contributed by atoms with Gasteiger partial charge in [-0.15, -0.1) is 11.3 Å². The van der Waals surface area contributed by atoms with Crippen LogP contribution in [0.3, 0.4) is 0 Å². The minimum absolute atomic E-state index is 0.316. The summed E-state index contributed by atoms with van der Waals surface area (Å²) in [7, 11) is -0.137. The lowest BCUT2D eigenvalue weighted by molar-refractivity contribution is 0.415. The topological polar surface area (TPSA) is 67.4 Å². The van der Waals surface area contributed by atoms with Gasteiger partial charge in [-0.25, -0.2) is 8.42 Å². The van der Waals surface area contributed by atoms with Gasteiger partial charge in [0.05, 0.1) is 12.8 Å². The molecule has 0 radical (unpaired) electrons. The highest BCUT2D eigenvalue weighted by Gasteiger charge is 2.17. The molecule has 0 aliphatic heterocycles. The van der Waals surface area contributed by atoms with Gasteiger partial charge >= 0.3 is 0 Å². The first-order valence-electron chi connectivity index (χ1n) is 6.45. The smallest absolute Gasteiger partial charge is 0.271 e. The lowest BCUT2D eigenvalue weighted by Crippen LogP contribution is -2.11. The molecule has 1 aromatic carbocycles. The van der Waals surface area contributed by atoms with Gasteiger partial charge in [-0.3, -0.25) is 4.72 Å². The van der Waals surface area contributed by atoms with E-state index in [-0.39, 0.29) is 0 Å². The first-order valence-corrected chi connectivity index (χ1v) is 8.75. The van der Waals surface area contributed by atoms with E-state index < -0.39 is 10.0 Å². The number of methoxy groups -OCH3 is 1. The molecule has 0 spiro atoms. The summed E-state index contributed by atoms with van der Waals surface area (Å²) in [5.74, 6) is 0.607. The second-order valence-corrected chi connectivity index (χ2v) is 7.49. The van der Waals surface area contributed by atoms with Crippen molar-refractivity contribution in [3.8, 4) is 5.75 Å². The summed E-state index contributed by atoms with van der Waals surface area (Å²) in [4.78, 5) is 1.04. The highest BCUT2D eigenvalue weighted by molar-refractivity contribution is 7.94. The summed E-state index contributed by atoms with van der Waals surface area (Å²) >= 11 is 1.29. The van der Waals surface area contributed by atoms with Gasteiger partial charge in [0.1, 0.15) is 9.96 Å². The van der Waals surface area contributed by atoms with E-state index in [1.54, 1.807) is 37.4 Å². The number of benzene rings is 1. The zero-order chi connectivity index (χ0) is 15.3. The Kier molecular flexibility index (Phi) is 5.22. The van der Waals surface area contributed by atoms with Crippen LogP contribution in [0.1, 0.15) is 4.88 Å². The van der Waals surface area contributed by atoms with E-state index >= 15 is 0 Å². The Balaban J connectivity index is 2.15. The zero-order valence-electron chi connectivity index (χ0n) is 11.9. The second-order valence-electron chi connectivity index (χ2n) is 4.41. The Morgan fingerprint density at radius 2 is 2.05 bits per heavy atom. The van der Waals surface area contributed by atoms with Crippen LogP contribution in [0.5, 0.6) is 5.75 Å². The van der Waals surface area contributed by atoms with E-state index in [2.05, 4.69) is 10.0 Å². The van der Waals surface area contributed by atoms with Crippen LogP contribution in [-0.4, -0.2) is 29.1 Å². The largest absolute Gasteiger partial charge is 0.497 e. The molecule has 0 saturated heterocycles. The fourth-order valence-corrected chi connectivity index (χ4v) is 4.18. The van der Waals surface area contributed by atoms with E-state index in [0.29, 0.717) is 15.6 Å². The summed E-state index contributed by atoms with van der Waals surface area (Å²) < 4.78 is 32.6. The van der Waals surface area contributed by atoms with Crippen molar-refractivity contribution in [2.75, 3.05) is 25.4 Å². The molecule has 0 unspecified atom stereocenters. The number of nitrogens with one attached hydrogen (secondary N) is 2. The fraction of sp³-hybridized carbons (Fsp3) is 0.286. The second kappa shape index (κ2) is 6.93. The molecule has 2 aromatic rings. The Labute approximate surface area is 129 Å². The van der Waals surface area contributed by atoms with Crippen LogP contribution in [0.25, 0.3) is 0 Å². The Morgan fingerprint density at radius 3 is 2.76 bits per heavy atom. The van der Waals surface area contributed by atoms with Crippen LogP contribution in [-0.2, 0) is 16.4 Å². The molecule has 5 nitrogen and oxygen atoms in total. The van der Waals surface area contributed by atoms with Crippen molar-refractivity contribution in [2.45, 2.75) is 10.6 Å². The van der Waals surface area contributed by atoms with E-state index in [0.717, 1.165) is 17.8 Å². The summed E-state index contributed by atoms with van der Waals surface area (Å²) in [5.41, 5.74) is 0.486. The minimum Gasteiger partial charge on any atom is -0.497 e. The van der Waals surface area contributed by atoms with Crippen LogP contribution in [0.2, 0.25) is 0 Å². The molecule has 21 heavy (non-hydrogen) atoms. The first kappa shape index (κ1) is 15.8. The molecule has 0 aliphatic rings. The maximum atomic E-state index is 12.3. The number of anilines is 1. The van der Waals surface area contributed by atoms with Gasteiger partial charge in [-0.1, -0.05) is 6.07 Å². The third kappa shape index (κ3) is 4.20. The van der Waals surface area contributed by atoms with E-state index in [4.69, 9.17) is 4.74 Å². The number of sulfonamides is 1. The SMILES string of the molecule is CNCCc1ccc(S(=O)(=O)Nc2cccc(OC)c2)s1. The van der Waals surface area contributed by atoms with Gasteiger partial charge in [-0.05, 0) is 44.3 Å². The van der Waals surface area contributed by atoms with Crippen molar-refractivity contribution in [3.63, 3.8) is 0 Å². The number of likely N-dealkylation sites (N-methyl/N-ethyl adjacent to an activating group) is 1. The van der Waals surface area contributed by atoms with E-state index in [1.807, 2.05) is 13.1 Å². The van der Waals surface area contributed by atoms with Crippen molar-refractivity contribution in [1.29, 1.82) is 0 Å². The van der Waals surface area contributed by atoms with Crippen molar-refractivity contribution < 1.29 is 13.2 Å². The predicted octanol–water partition coefficient (Wildman–Crippen LogP) is 2.32. The maximum absolute atomic E-state index is 12.3. The zero-order valence-corrected chi connectivity index (χ0v) is 13.6. The summed E-state index contributed by atoms with van der Waals surface area (Å²) in [6.45, 7) is 0.823. The molecule has 2 rings (SSSR count). The van der Waals surface area contributed by atoms with Gasteiger partial charge < -0.3 is 10.1 Å². The molecule has 1 aromatic heterocycles. The number of thiophene rings is 1. The highest BCUT2D eigenvalue weighted by atomic mass is 32.2. The Hall–Kier alpha value is -1.57. The summed E-state index contributed by atoms with van der Waals surface area (Å²) in [6, 6.07) is 10.3. The molecule has 0 fully saturated rings. The van der Waals surface area contributed by atoms with Gasteiger partial charge in [0, 0.05) is 10.9 Å². The van der Waals surface area contributed by atoms with E-state index in [1.165, 1.54) is 11.3 Å². The van der Waals surface area contributed by atoms with Crippen molar-refractivity contribution in [1.82, 2.24) is 5.32 Å². The molecule has 0 saturated carbocycles. The monoisotopic (exact) mass is 326 g/mol. The molecular formula is C14H18N2O3S2. The van der Waals surface area contributed by atoms with Crippen LogP contribution < -0.4 is 14.8 Å². The van der Waals surface area contributed by atoms with Crippen molar-refractivity contribution in [2.24, 2.45) is 0 Å². The van der Waals surface area contributed by atoms with Crippen LogP contribution in [0.15, 0.2) is 40.6 Å². The molecule has 0 amide bonds. The molecule has 0 bridgehead atoms. The number of hydrogen-bond donors (Lipinski definition) is 2. The first-order chi connectivity index (χ1) is 10.0. The molecule has 114 valence electrons. The van der Waals surface area contributed by atoms with Crippen molar-refractivity contribution in [3.05, 3.63) is 41.3 Å². The molecule has 1 heterocycles. The standard InChI is InChI=1S/C14H18N2O3S2/c1-15-9-8-13-6-7-14(20-13)21(17,18)16-11-4-3-5-12(10-11)19-2/h3-7,10,15-16H,8-9H2,1-2H3.